The molecule has 0 aliphatic rings. The highest BCUT2D eigenvalue weighted by atomic mass is 32.2. The van der Waals surface area contributed by atoms with E-state index in [1.807, 2.05) is 6.07 Å². The Kier molecular flexibility index (Phi) is 4.71. The van der Waals surface area contributed by atoms with Crippen LogP contribution in [0.2, 0.25) is 0 Å². The van der Waals surface area contributed by atoms with E-state index in [1.165, 1.54) is 5.38 Å². The van der Waals surface area contributed by atoms with Gasteiger partial charge in [-0.2, -0.15) is 0 Å². The normalized spacial score (nSPS) is 13.0. The average molecular weight is 326 g/mol. The van der Waals surface area contributed by atoms with Gasteiger partial charge < -0.3 is 5.11 Å². The van der Waals surface area contributed by atoms with Crippen LogP contribution in [-0.4, -0.2) is 24.5 Å². The lowest BCUT2D eigenvalue weighted by Gasteiger charge is -2.11. The number of thiazole rings is 1. The Hall–Kier alpha value is -1.77. The molecule has 0 bridgehead atoms. The number of sulfonamides is 1. The number of carbonyl (C=O) groups is 1. The van der Waals surface area contributed by atoms with Crippen molar-refractivity contribution in [1.29, 1.82) is 0 Å². The minimum Gasteiger partial charge on any atom is -0.476 e. The van der Waals surface area contributed by atoms with E-state index < -0.39 is 22.0 Å². The molecule has 0 saturated carbocycles. The number of benzene rings is 1. The molecular formula is C13H14N2O4S2. The van der Waals surface area contributed by atoms with Gasteiger partial charge in [0.15, 0.2) is 5.69 Å². The van der Waals surface area contributed by atoms with Crippen LogP contribution in [0.4, 0.5) is 0 Å². The Morgan fingerprint density at radius 1 is 1.38 bits per heavy atom. The predicted octanol–water partition coefficient (Wildman–Crippen LogP) is 2.02. The number of carboxylic acids is 1. The molecule has 2 aromatic rings. The average Bonchev–Trinajstić information content (AvgIpc) is 2.88. The first-order valence-electron chi connectivity index (χ1n) is 6.10. The maximum Gasteiger partial charge on any atom is 0.355 e. The van der Waals surface area contributed by atoms with Gasteiger partial charge in [0.2, 0.25) is 10.0 Å². The zero-order valence-corrected chi connectivity index (χ0v) is 12.8. The van der Waals surface area contributed by atoms with Crippen LogP contribution in [0.1, 0.15) is 34.0 Å². The summed E-state index contributed by atoms with van der Waals surface area (Å²) in [4.78, 5) is 14.7. The summed E-state index contributed by atoms with van der Waals surface area (Å²) in [6.07, 6.45) is 0. The summed E-state index contributed by atoms with van der Waals surface area (Å²) in [5, 5.41) is 10.6. The van der Waals surface area contributed by atoms with E-state index in [0.717, 1.165) is 11.3 Å². The largest absolute Gasteiger partial charge is 0.476 e. The third kappa shape index (κ3) is 4.35. The van der Waals surface area contributed by atoms with Crippen molar-refractivity contribution in [1.82, 2.24) is 9.71 Å². The maximum atomic E-state index is 12.1. The van der Waals surface area contributed by atoms with Crippen LogP contribution in [0.15, 0.2) is 35.7 Å². The van der Waals surface area contributed by atoms with Crippen LogP contribution in [0.3, 0.4) is 0 Å². The second-order valence-corrected chi connectivity index (χ2v) is 7.10. The number of nitrogens with one attached hydrogen (secondary N) is 1. The molecule has 6 nitrogen and oxygen atoms in total. The molecule has 8 heteroatoms. The van der Waals surface area contributed by atoms with Crippen LogP contribution in [-0.2, 0) is 15.8 Å². The van der Waals surface area contributed by atoms with E-state index in [-0.39, 0.29) is 11.4 Å². The molecule has 0 saturated heterocycles. The quantitative estimate of drug-likeness (QED) is 0.846. The molecule has 112 valence electrons. The molecule has 0 aliphatic heterocycles. The highest BCUT2D eigenvalue weighted by Crippen LogP contribution is 2.19. The zero-order chi connectivity index (χ0) is 15.5. The third-order valence-corrected chi connectivity index (χ3v) is 5.12. The molecule has 0 spiro atoms. The molecule has 2 rings (SSSR count). The van der Waals surface area contributed by atoms with Gasteiger partial charge in [0.1, 0.15) is 5.01 Å². The van der Waals surface area contributed by atoms with Gasteiger partial charge in [0.25, 0.3) is 0 Å². The second kappa shape index (κ2) is 6.33. The molecule has 1 heterocycles. The van der Waals surface area contributed by atoms with E-state index in [9.17, 15) is 13.2 Å². The minimum atomic E-state index is -3.52. The lowest BCUT2D eigenvalue weighted by molar-refractivity contribution is 0.0691. The number of hydrogen-bond donors (Lipinski definition) is 2. The Bertz CT molecular complexity index is 726. The maximum absolute atomic E-state index is 12.1. The number of carboxylic acid groups (broad SMARTS) is 1. The summed E-state index contributed by atoms with van der Waals surface area (Å²) in [5.74, 6) is -1.26. The first-order chi connectivity index (χ1) is 9.87. The monoisotopic (exact) mass is 326 g/mol. The number of hydrogen-bond acceptors (Lipinski definition) is 5. The molecule has 21 heavy (non-hydrogen) atoms. The van der Waals surface area contributed by atoms with Crippen molar-refractivity contribution in [3.63, 3.8) is 0 Å². The van der Waals surface area contributed by atoms with Crippen LogP contribution >= 0.6 is 11.3 Å². The van der Waals surface area contributed by atoms with Crippen molar-refractivity contribution in [3.05, 3.63) is 52.0 Å². The van der Waals surface area contributed by atoms with Gasteiger partial charge in [-0.3, -0.25) is 0 Å². The summed E-state index contributed by atoms with van der Waals surface area (Å²) in [6, 6.07) is 8.25. The van der Waals surface area contributed by atoms with Crippen molar-refractivity contribution < 1.29 is 18.3 Å². The lowest BCUT2D eigenvalue weighted by Crippen LogP contribution is -2.28. The molecule has 0 radical (unpaired) electrons. The molecule has 0 aliphatic carbocycles. The van der Waals surface area contributed by atoms with Crippen LogP contribution in [0.25, 0.3) is 0 Å². The summed E-state index contributed by atoms with van der Waals surface area (Å²) < 4.78 is 26.6. The number of rotatable bonds is 6. The van der Waals surface area contributed by atoms with Crippen LogP contribution in [0.5, 0.6) is 0 Å². The molecular weight excluding hydrogens is 312 g/mol. The van der Waals surface area contributed by atoms with Gasteiger partial charge in [-0.25, -0.2) is 22.9 Å². The topological polar surface area (TPSA) is 96.4 Å². The van der Waals surface area contributed by atoms with E-state index in [0.29, 0.717) is 10.6 Å². The van der Waals surface area contributed by atoms with Crippen molar-refractivity contribution in [2.24, 2.45) is 0 Å². The smallest absolute Gasteiger partial charge is 0.355 e. The highest BCUT2D eigenvalue weighted by molar-refractivity contribution is 7.88. The lowest BCUT2D eigenvalue weighted by atomic mass is 10.2. The van der Waals surface area contributed by atoms with Gasteiger partial charge in [0, 0.05) is 5.38 Å². The zero-order valence-electron chi connectivity index (χ0n) is 11.2. The first-order valence-corrected chi connectivity index (χ1v) is 8.63. The first kappa shape index (κ1) is 15.6. The molecule has 1 aromatic heterocycles. The Balaban J connectivity index is 2.07. The van der Waals surface area contributed by atoms with Gasteiger partial charge in [-0.05, 0) is 12.5 Å². The molecule has 0 amide bonds. The molecule has 1 unspecified atom stereocenters. The third-order valence-electron chi connectivity index (χ3n) is 2.67. The fourth-order valence-corrected chi connectivity index (χ4v) is 3.98. The Morgan fingerprint density at radius 3 is 2.62 bits per heavy atom. The van der Waals surface area contributed by atoms with E-state index in [4.69, 9.17) is 5.11 Å². The van der Waals surface area contributed by atoms with Gasteiger partial charge in [-0.1, -0.05) is 30.3 Å². The van der Waals surface area contributed by atoms with Gasteiger partial charge >= 0.3 is 5.97 Å². The van der Waals surface area contributed by atoms with Gasteiger partial charge in [0.05, 0.1) is 11.8 Å². The van der Waals surface area contributed by atoms with Crippen LogP contribution < -0.4 is 4.72 Å². The number of aromatic nitrogens is 1. The van der Waals surface area contributed by atoms with Crippen molar-refractivity contribution >= 4 is 27.3 Å². The van der Waals surface area contributed by atoms with Gasteiger partial charge in [-0.15, -0.1) is 11.3 Å². The molecule has 1 atom stereocenters. The second-order valence-electron chi connectivity index (χ2n) is 4.46. The minimum absolute atomic E-state index is 0.0795. The van der Waals surface area contributed by atoms with Crippen LogP contribution in [0, 0.1) is 0 Å². The van der Waals surface area contributed by atoms with E-state index in [1.54, 1.807) is 31.2 Å². The van der Waals surface area contributed by atoms with E-state index in [2.05, 4.69) is 9.71 Å². The fraction of sp³-hybridized carbons (Fsp3) is 0.231. The summed E-state index contributed by atoms with van der Waals surface area (Å²) in [6.45, 7) is 1.63. The Labute approximate surface area is 126 Å². The standard InChI is InChI=1S/C13H14N2O4S2/c1-9(12-14-11(7-20-12)13(16)17)15-21(18,19)8-10-5-3-2-4-6-10/h2-7,9,15H,8H2,1H3,(H,16,17). The summed E-state index contributed by atoms with van der Waals surface area (Å²) in [5.41, 5.74) is 0.603. The van der Waals surface area contributed by atoms with Crippen molar-refractivity contribution in [3.8, 4) is 0 Å². The summed E-state index contributed by atoms with van der Waals surface area (Å²) in [7, 11) is -3.52. The number of nitrogens with zero attached hydrogens (tertiary/aromatic N) is 1. The molecule has 1 aromatic carbocycles. The van der Waals surface area contributed by atoms with E-state index >= 15 is 0 Å². The highest BCUT2D eigenvalue weighted by Gasteiger charge is 2.20. The molecule has 2 N–H and O–H groups in total. The predicted molar refractivity (Wildman–Crippen MR) is 79.7 cm³/mol. The Morgan fingerprint density at radius 2 is 2.05 bits per heavy atom. The fourth-order valence-electron chi connectivity index (χ4n) is 1.74. The SMILES string of the molecule is CC(NS(=O)(=O)Cc1ccccc1)c1nc(C(=O)O)cs1. The molecule has 0 fully saturated rings. The van der Waals surface area contributed by atoms with Crippen molar-refractivity contribution in [2.75, 3.05) is 0 Å². The number of aromatic carboxylic acids is 1. The van der Waals surface area contributed by atoms with Crippen molar-refractivity contribution in [2.45, 2.75) is 18.7 Å². The summed E-state index contributed by atoms with van der Waals surface area (Å²) >= 11 is 1.11.